The van der Waals surface area contributed by atoms with Gasteiger partial charge in [-0.05, 0) is 18.7 Å². The van der Waals surface area contributed by atoms with Crippen molar-refractivity contribution in [3.8, 4) is 5.75 Å². The van der Waals surface area contributed by atoms with Gasteiger partial charge in [0.1, 0.15) is 5.75 Å². The molecule has 0 amide bonds. The third-order valence-electron chi connectivity index (χ3n) is 3.05. The Hall–Kier alpha value is -2.29. The van der Waals surface area contributed by atoms with Crippen LogP contribution in [0.2, 0.25) is 0 Å². The summed E-state index contributed by atoms with van der Waals surface area (Å²) in [6.45, 7) is 2.20. The number of ether oxygens (including phenoxy) is 1. The summed E-state index contributed by atoms with van der Waals surface area (Å²) in [5, 5.41) is 12.0. The highest BCUT2D eigenvalue weighted by Crippen LogP contribution is 2.29. The van der Waals surface area contributed by atoms with E-state index in [1.54, 1.807) is 6.92 Å². The fraction of sp³-hybridized carbons (Fsp3) is 0.235. The third kappa shape index (κ3) is 3.38. The first kappa shape index (κ1) is 14.1. The van der Waals surface area contributed by atoms with Crippen LogP contribution in [0.1, 0.15) is 25.3 Å². The van der Waals surface area contributed by atoms with Crippen LogP contribution in [0, 0.1) is 0 Å². The van der Waals surface area contributed by atoms with Gasteiger partial charge >= 0.3 is 5.97 Å². The zero-order valence-electron chi connectivity index (χ0n) is 11.5. The summed E-state index contributed by atoms with van der Waals surface area (Å²) in [6, 6.07) is 11.5. The number of phenols is 1. The molecule has 0 saturated heterocycles. The van der Waals surface area contributed by atoms with E-state index in [1.807, 2.05) is 48.6 Å². The average Bonchev–Trinajstić information content (AvgIpc) is 2.46. The minimum atomic E-state index is -0.195. The molecule has 0 bridgehead atoms. The topological polar surface area (TPSA) is 46.5 Å². The van der Waals surface area contributed by atoms with Crippen molar-refractivity contribution in [2.24, 2.45) is 0 Å². The van der Waals surface area contributed by atoms with Gasteiger partial charge in [0, 0.05) is 17.4 Å². The first-order chi connectivity index (χ1) is 9.72. The highest BCUT2D eigenvalue weighted by Gasteiger charge is 2.03. The van der Waals surface area contributed by atoms with Gasteiger partial charge in [0.25, 0.3) is 0 Å². The van der Waals surface area contributed by atoms with E-state index in [2.05, 4.69) is 0 Å². The summed E-state index contributed by atoms with van der Waals surface area (Å²) in [6.07, 6.45) is 4.67. The molecule has 0 aliphatic rings. The van der Waals surface area contributed by atoms with E-state index in [0.717, 1.165) is 16.3 Å². The summed E-state index contributed by atoms with van der Waals surface area (Å²) in [5.74, 6) is 0.0790. The molecule has 0 aliphatic heterocycles. The molecule has 0 fully saturated rings. The maximum absolute atomic E-state index is 11.2. The zero-order chi connectivity index (χ0) is 14.4. The molecular formula is C17H18O3. The number of carbonyl (C=O) groups excluding carboxylic acids is 1. The Morgan fingerprint density at radius 1 is 1.25 bits per heavy atom. The van der Waals surface area contributed by atoms with Crippen molar-refractivity contribution >= 4 is 22.8 Å². The molecule has 104 valence electrons. The Balaban J connectivity index is 2.06. The van der Waals surface area contributed by atoms with E-state index in [0.29, 0.717) is 19.4 Å². The Morgan fingerprint density at radius 3 is 2.85 bits per heavy atom. The SMILES string of the molecule is CCOC(=O)CC/C=C/c1ccc2ccccc2c1O. The smallest absolute Gasteiger partial charge is 0.306 e. The number of fused-ring (bicyclic) bond motifs is 1. The van der Waals surface area contributed by atoms with Crippen LogP contribution in [-0.2, 0) is 9.53 Å². The molecule has 0 spiro atoms. The van der Waals surface area contributed by atoms with Crippen LogP contribution in [0.15, 0.2) is 42.5 Å². The summed E-state index contributed by atoms with van der Waals surface area (Å²) < 4.78 is 4.85. The molecular weight excluding hydrogens is 252 g/mol. The third-order valence-corrected chi connectivity index (χ3v) is 3.05. The van der Waals surface area contributed by atoms with Crippen LogP contribution in [0.3, 0.4) is 0 Å². The molecule has 2 aromatic carbocycles. The molecule has 0 aliphatic carbocycles. The minimum Gasteiger partial charge on any atom is -0.507 e. The minimum absolute atomic E-state index is 0.195. The predicted octanol–water partition coefficient (Wildman–Crippen LogP) is 3.90. The monoisotopic (exact) mass is 270 g/mol. The van der Waals surface area contributed by atoms with E-state index in [4.69, 9.17) is 4.74 Å². The number of rotatable bonds is 5. The lowest BCUT2D eigenvalue weighted by atomic mass is 10.0. The fourth-order valence-electron chi connectivity index (χ4n) is 2.05. The predicted molar refractivity (Wildman–Crippen MR) is 80.5 cm³/mol. The van der Waals surface area contributed by atoms with Crippen LogP contribution in [0.25, 0.3) is 16.8 Å². The van der Waals surface area contributed by atoms with Crippen molar-refractivity contribution in [3.05, 3.63) is 48.0 Å². The van der Waals surface area contributed by atoms with Gasteiger partial charge in [0.15, 0.2) is 0 Å². The summed E-state index contributed by atoms with van der Waals surface area (Å²) in [4.78, 5) is 11.2. The number of esters is 1. The molecule has 2 aromatic rings. The maximum atomic E-state index is 11.2. The van der Waals surface area contributed by atoms with Crippen molar-refractivity contribution < 1.29 is 14.6 Å². The number of carbonyl (C=O) groups is 1. The molecule has 0 saturated carbocycles. The van der Waals surface area contributed by atoms with Gasteiger partial charge in [-0.1, -0.05) is 48.6 Å². The van der Waals surface area contributed by atoms with E-state index in [9.17, 15) is 9.90 Å². The Morgan fingerprint density at radius 2 is 2.05 bits per heavy atom. The second-order valence-corrected chi connectivity index (χ2v) is 4.47. The molecule has 20 heavy (non-hydrogen) atoms. The van der Waals surface area contributed by atoms with E-state index < -0.39 is 0 Å². The van der Waals surface area contributed by atoms with Crippen LogP contribution < -0.4 is 0 Å². The number of allylic oxidation sites excluding steroid dienone is 1. The molecule has 0 unspecified atom stereocenters. The first-order valence-corrected chi connectivity index (χ1v) is 6.75. The first-order valence-electron chi connectivity index (χ1n) is 6.75. The average molecular weight is 270 g/mol. The van der Waals surface area contributed by atoms with Crippen LogP contribution in [-0.4, -0.2) is 17.7 Å². The largest absolute Gasteiger partial charge is 0.507 e. The van der Waals surface area contributed by atoms with Gasteiger partial charge in [-0.25, -0.2) is 0 Å². The molecule has 3 heteroatoms. The van der Waals surface area contributed by atoms with Crippen molar-refractivity contribution in [3.63, 3.8) is 0 Å². The summed E-state index contributed by atoms with van der Waals surface area (Å²) >= 11 is 0. The Bertz CT molecular complexity index is 629. The van der Waals surface area contributed by atoms with E-state index in [-0.39, 0.29) is 11.7 Å². The molecule has 0 aromatic heterocycles. The lowest BCUT2D eigenvalue weighted by Crippen LogP contribution is -2.02. The molecule has 0 heterocycles. The quantitative estimate of drug-likeness (QED) is 0.838. The highest BCUT2D eigenvalue weighted by molar-refractivity contribution is 5.91. The van der Waals surface area contributed by atoms with Gasteiger partial charge < -0.3 is 9.84 Å². The van der Waals surface area contributed by atoms with Crippen LogP contribution in [0.5, 0.6) is 5.75 Å². The summed E-state index contributed by atoms with van der Waals surface area (Å²) in [5.41, 5.74) is 0.757. The number of benzene rings is 2. The van der Waals surface area contributed by atoms with Gasteiger partial charge in [-0.2, -0.15) is 0 Å². The Kier molecular flexibility index (Phi) is 4.77. The normalized spacial score (nSPS) is 11.1. The van der Waals surface area contributed by atoms with Crippen molar-refractivity contribution in [2.45, 2.75) is 19.8 Å². The van der Waals surface area contributed by atoms with Gasteiger partial charge in [0.05, 0.1) is 6.61 Å². The second-order valence-electron chi connectivity index (χ2n) is 4.47. The lowest BCUT2D eigenvalue weighted by Gasteiger charge is -2.04. The molecule has 2 rings (SSSR count). The maximum Gasteiger partial charge on any atom is 0.306 e. The highest BCUT2D eigenvalue weighted by atomic mass is 16.5. The Labute approximate surface area is 118 Å². The summed E-state index contributed by atoms with van der Waals surface area (Å²) in [7, 11) is 0. The molecule has 1 N–H and O–H groups in total. The number of hydrogen-bond acceptors (Lipinski definition) is 3. The molecule has 0 atom stereocenters. The van der Waals surface area contributed by atoms with Crippen molar-refractivity contribution in [2.75, 3.05) is 6.61 Å². The van der Waals surface area contributed by atoms with Crippen LogP contribution in [0.4, 0.5) is 0 Å². The van der Waals surface area contributed by atoms with Crippen molar-refractivity contribution in [1.29, 1.82) is 0 Å². The van der Waals surface area contributed by atoms with Gasteiger partial charge in [-0.3, -0.25) is 4.79 Å². The van der Waals surface area contributed by atoms with Crippen LogP contribution >= 0.6 is 0 Å². The molecule has 3 nitrogen and oxygen atoms in total. The zero-order valence-corrected chi connectivity index (χ0v) is 11.5. The standard InChI is InChI=1S/C17H18O3/c1-2-20-16(18)10-6-4-8-14-12-11-13-7-3-5-9-15(13)17(14)19/h3-5,7-9,11-12,19H,2,6,10H2,1H3/b8-4+. The van der Waals surface area contributed by atoms with E-state index >= 15 is 0 Å². The van der Waals surface area contributed by atoms with Crippen molar-refractivity contribution in [1.82, 2.24) is 0 Å². The number of aromatic hydroxyl groups is 1. The van der Waals surface area contributed by atoms with Gasteiger partial charge in [0.2, 0.25) is 0 Å². The lowest BCUT2D eigenvalue weighted by molar-refractivity contribution is -0.142. The van der Waals surface area contributed by atoms with Gasteiger partial charge in [-0.15, -0.1) is 0 Å². The fourth-order valence-corrected chi connectivity index (χ4v) is 2.05. The second kappa shape index (κ2) is 6.75. The number of phenolic OH excluding ortho intramolecular Hbond substituents is 1. The van der Waals surface area contributed by atoms with E-state index in [1.165, 1.54) is 0 Å². The number of hydrogen-bond donors (Lipinski definition) is 1. The molecule has 0 radical (unpaired) electrons.